The number of rotatable bonds is 8. The maximum absolute atomic E-state index is 11.3. The van der Waals surface area contributed by atoms with E-state index < -0.39 is 15.4 Å². The SMILES string of the molecule is COCCOCCC(c1ccccc1)S(=O)(=O)O. The van der Waals surface area contributed by atoms with Crippen LogP contribution in [0.15, 0.2) is 30.3 Å². The van der Waals surface area contributed by atoms with Crippen molar-refractivity contribution >= 4 is 10.1 Å². The third-order valence-electron chi connectivity index (χ3n) is 2.49. The number of hydrogen-bond donors (Lipinski definition) is 1. The molecule has 0 fully saturated rings. The van der Waals surface area contributed by atoms with E-state index >= 15 is 0 Å². The second-order valence-corrected chi connectivity index (χ2v) is 5.41. The van der Waals surface area contributed by atoms with Gasteiger partial charge in [-0.1, -0.05) is 30.3 Å². The van der Waals surface area contributed by atoms with Crippen LogP contribution in [0.2, 0.25) is 0 Å². The predicted octanol–water partition coefficient (Wildman–Crippen LogP) is 1.67. The normalized spacial score (nSPS) is 13.4. The molecule has 0 aliphatic heterocycles. The van der Waals surface area contributed by atoms with Crippen molar-refractivity contribution in [1.82, 2.24) is 0 Å². The van der Waals surface area contributed by atoms with Crippen LogP contribution in [0.4, 0.5) is 0 Å². The molecule has 1 N–H and O–H groups in total. The molecule has 6 heteroatoms. The van der Waals surface area contributed by atoms with Gasteiger partial charge in [0, 0.05) is 13.7 Å². The largest absolute Gasteiger partial charge is 0.382 e. The lowest BCUT2D eigenvalue weighted by atomic mass is 10.1. The second-order valence-electron chi connectivity index (χ2n) is 3.81. The topological polar surface area (TPSA) is 72.8 Å². The Labute approximate surface area is 107 Å². The Kier molecular flexibility index (Phi) is 6.28. The number of methoxy groups -OCH3 is 1. The predicted molar refractivity (Wildman–Crippen MR) is 68.0 cm³/mol. The Morgan fingerprint density at radius 2 is 1.83 bits per heavy atom. The lowest BCUT2D eigenvalue weighted by Gasteiger charge is -2.14. The highest BCUT2D eigenvalue weighted by Crippen LogP contribution is 2.24. The van der Waals surface area contributed by atoms with Crippen LogP contribution in [0.25, 0.3) is 0 Å². The second kappa shape index (κ2) is 7.48. The van der Waals surface area contributed by atoms with Gasteiger partial charge in [0.15, 0.2) is 0 Å². The molecule has 1 rings (SSSR count). The fraction of sp³-hybridized carbons (Fsp3) is 0.500. The summed E-state index contributed by atoms with van der Waals surface area (Å²) in [6.45, 7) is 1.12. The molecule has 0 radical (unpaired) electrons. The highest BCUT2D eigenvalue weighted by Gasteiger charge is 2.24. The average Bonchev–Trinajstić information content (AvgIpc) is 2.33. The summed E-state index contributed by atoms with van der Waals surface area (Å²) in [4.78, 5) is 0. The van der Waals surface area contributed by atoms with Gasteiger partial charge in [-0.25, -0.2) is 0 Å². The quantitative estimate of drug-likeness (QED) is 0.576. The van der Waals surface area contributed by atoms with Gasteiger partial charge < -0.3 is 9.47 Å². The molecular formula is C12H18O5S. The average molecular weight is 274 g/mol. The van der Waals surface area contributed by atoms with Crippen LogP contribution in [0.5, 0.6) is 0 Å². The summed E-state index contributed by atoms with van der Waals surface area (Å²) in [6.07, 6.45) is 0.215. The Balaban J connectivity index is 2.59. The van der Waals surface area contributed by atoms with Gasteiger partial charge in [-0.05, 0) is 12.0 Å². The highest BCUT2D eigenvalue weighted by molar-refractivity contribution is 7.86. The molecule has 5 nitrogen and oxygen atoms in total. The smallest absolute Gasteiger partial charge is 0.272 e. The molecule has 18 heavy (non-hydrogen) atoms. The fourth-order valence-electron chi connectivity index (χ4n) is 1.59. The standard InChI is InChI=1S/C12H18O5S/c1-16-9-10-17-8-7-12(18(13,14)15)11-5-3-2-4-6-11/h2-6,12H,7-10H2,1H3,(H,13,14,15). The minimum atomic E-state index is -4.12. The van der Waals surface area contributed by atoms with Gasteiger partial charge in [0.05, 0.1) is 13.2 Å². The summed E-state index contributed by atoms with van der Waals surface area (Å²) < 4.78 is 41.9. The van der Waals surface area contributed by atoms with E-state index in [0.29, 0.717) is 18.8 Å². The van der Waals surface area contributed by atoms with Crippen molar-refractivity contribution in [3.63, 3.8) is 0 Å². The third kappa shape index (κ3) is 5.14. The summed E-state index contributed by atoms with van der Waals surface area (Å²) in [5, 5.41) is -0.943. The molecule has 0 aliphatic carbocycles. The van der Waals surface area contributed by atoms with Crippen LogP contribution in [-0.4, -0.2) is 39.9 Å². The van der Waals surface area contributed by atoms with Gasteiger partial charge in [-0.2, -0.15) is 8.42 Å². The Bertz CT molecular complexity index is 429. The number of ether oxygens (including phenoxy) is 2. The van der Waals surface area contributed by atoms with Crippen LogP contribution in [0.1, 0.15) is 17.2 Å². The van der Waals surface area contributed by atoms with Crippen molar-refractivity contribution in [3.8, 4) is 0 Å². The summed E-state index contributed by atoms with van der Waals surface area (Å²) >= 11 is 0. The van der Waals surface area contributed by atoms with Gasteiger partial charge >= 0.3 is 0 Å². The molecule has 1 aromatic rings. The molecule has 102 valence electrons. The maximum atomic E-state index is 11.3. The van der Waals surface area contributed by atoms with Gasteiger partial charge in [0.2, 0.25) is 0 Å². The number of benzene rings is 1. The van der Waals surface area contributed by atoms with Gasteiger partial charge in [-0.15, -0.1) is 0 Å². The molecule has 0 bridgehead atoms. The zero-order valence-corrected chi connectivity index (χ0v) is 11.1. The molecule has 1 unspecified atom stereocenters. The van der Waals surface area contributed by atoms with Crippen LogP contribution in [0.3, 0.4) is 0 Å². The lowest BCUT2D eigenvalue weighted by Crippen LogP contribution is -2.15. The van der Waals surface area contributed by atoms with Crippen LogP contribution >= 0.6 is 0 Å². The van der Waals surface area contributed by atoms with Gasteiger partial charge in [0.1, 0.15) is 5.25 Å². The molecule has 1 aromatic carbocycles. The zero-order chi connectivity index (χ0) is 13.4. The Morgan fingerprint density at radius 1 is 1.17 bits per heavy atom. The molecule has 1 atom stereocenters. The van der Waals surface area contributed by atoms with E-state index in [-0.39, 0.29) is 13.0 Å². The minimum Gasteiger partial charge on any atom is -0.382 e. The molecule has 0 saturated carbocycles. The van der Waals surface area contributed by atoms with Gasteiger partial charge in [-0.3, -0.25) is 4.55 Å². The molecular weight excluding hydrogens is 256 g/mol. The maximum Gasteiger partial charge on any atom is 0.272 e. The van der Waals surface area contributed by atoms with Crippen LogP contribution in [-0.2, 0) is 19.6 Å². The van der Waals surface area contributed by atoms with E-state index in [0.717, 1.165) is 0 Å². The molecule has 0 aliphatic rings. The first-order valence-electron chi connectivity index (χ1n) is 5.63. The van der Waals surface area contributed by atoms with Crippen molar-refractivity contribution in [2.45, 2.75) is 11.7 Å². The molecule has 0 aromatic heterocycles. The third-order valence-corrected chi connectivity index (χ3v) is 3.71. The van der Waals surface area contributed by atoms with Crippen molar-refractivity contribution in [3.05, 3.63) is 35.9 Å². The van der Waals surface area contributed by atoms with Crippen LogP contribution < -0.4 is 0 Å². The summed E-state index contributed by atoms with van der Waals surface area (Å²) in [6, 6.07) is 8.61. The lowest BCUT2D eigenvalue weighted by molar-refractivity contribution is 0.0688. The Morgan fingerprint density at radius 3 is 2.39 bits per heavy atom. The fourth-order valence-corrected chi connectivity index (χ4v) is 2.49. The Hall–Kier alpha value is -0.950. The van der Waals surface area contributed by atoms with Crippen molar-refractivity contribution in [2.24, 2.45) is 0 Å². The molecule has 0 heterocycles. The first kappa shape index (κ1) is 15.1. The van der Waals surface area contributed by atoms with E-state index in [1.165, 1.54) is 0 Å². The van der Waals surface area contributed by atoms with E-state index in [4.69, 9.17) is 9.47 Å². The summed E-state index contributed by atoms with van der Waals surface area (Å²) in [7, 11) is -2.56. The zero-order valence-electron chi connectivity index (χ0n) is 10.3. The first-order valence-corrected chi connectivity index (χ1v) is 7.14. The molecule has 0 saturated heterocycles. The van der Waals surface area contributed by atoms with Crippen molar-refractivity contribution in [2.75, 3.05) is 26.9 Å². The van der Waals surface area contributed by atoms with E-state index in [2.05, 4.69) is 0 Å². The monoisotopic (exact) mass is 274 g/mol. The molecule has 0 spiro atoms. The van der Waals surface area contributed by atoms with Crippen molar-refractivity contribution < 1.29 is 22.4 Å². The molecule has 0 amide bonds. The summed E-state index contributed by atoms with van der Waals surface area (Å²) in [5.41, 5.74) is 0.565. The van der Waals surface area contributed by atoms with E-state index in [1.54, 1.807) is 37.4 Å². The van der Waals surface area contributed by atoms with Crippen molar-refractivity contribution in [1.29, 1.82) is 0 Å². The van der Waals surface area contributed by atoms with E-state index in [1.807, 2.05) is 0 Å². The van der Waals surface area contributed by atoms with Gasteiger partial charge in [0.25, 0.3) is 10.1 Å². The summed E-state index contributed by atoms with van der Waals surface area (Å²) in [5.74, 6) is 0. The first-order chi connectivity index (χ1) is 8.55. The highest BCUT2D eigenvalue weighted by atomic mass is 32.2. The minimum absolute atomic E-state index is 0.215. The number of hydrogen-bond acceptors (Lipinski definition) is 4. The van der Waals surface area contributed by atoms with E-state index in [9.17, 15) is 13.0 Å². The van der Waals surface area contributed by atoms with Crippen LogP contribution in [0, 0.1) is 0 Å².